The highest BCUT2D eigenvalue weighted by Crippen LogP contribution is 2.41. The Labute approximate surface area is 164 Å². The van der Waals surface area contributed by atoms with E-state index < -0.39 is 29.9 Å². The van der Waals surface area contributed by atoms with E-state index in [-0.39, 0.29) is 5.13 Å². The lowest BCUT2D eigenvalue weighted by atomic mass is 9.97. The minimum atomic E-state index is -5.06. The Balaban J connectivity index is 1.66. The zero-order valence-corrected chi connectivity index (χ0v) is 16.2. The van der Waals surface area contributed by atoms with E-state index in [9.17, 15) is 23.1 Å². The largest absolute Gasteiger partial charge is 0.425 e. The molecular weight excluding hydrogens is 395 g/mol. The van der Waals surface area contributed by atoms with Gasteiger partial charge in [0.15, 0.2) is 11.0 Å². The summed E-state index contributed by atoms with van der Waals surface area (Å²) in [5.74, 6) is -1.62. The van der Waals surface area contributed by atoms with Gasteiger partial charge in [-0.3, -0.25) is 9.69 Å². The molecule has 1 aliphatic heterocycles. The molecule has 0 radical (unpaired) electrons. The number of alkyl halides is 3. The fraction of sp³-hybridized carbons (Fsp3) is 0.588. The molecule has 0 spiro atoms. The van der Waals surface area contributed by atoms with Crippen LogP contribution in [0.5, 0.6) is 0 Å². The van der Waals surface area contributed by atoms with Gasteiger partial charge in [0.25, 0.3) is 0 Å². The van der Waals surface area contributed by atoms with Crippen molar-refractivity contribution in [3.8, 4) is 0 Å². The van der Waals surface area contributed by atoms with E-state index in [4.69, 9.17) is 0 Å². The first-order valence-corrected chi connectivity index (χ1v) is 9.80. The van der Waals surface area contributed by atoms with Crippen molar-refractivity contribution in [3.63, 3.8) is 0 Å². The predicted molar refractivity (Wildman–Crippen MR) is 97.6 cm³/mol. The predicted octanol–water partition coefficient (Wildman–Crippen LogP) is 2.64. The van der Waals surface area contributed by atoms with Gasteiger partial charge in [0.2, 0.25) is 11.5 Å². The molecule has 0 saturated carbocycles. The van der Waals surface area contributed by atoms with Crippen molar-refractivity contribution in [2.24, 2.45) is 7.05 Å². The third-order valence-electron chi connectivity index (χ3n) is 4.71. The molecule has 1 amide bonds. The fourth-order valence-corrected chi connectivity index (χ4v) is 3.97. The summed E-state index contributed by atoms with van der Waals surface area (Å²) in [7, 11) is 1.32. The molecule has 2 aromatic heterocycles. The molecule has 0 aliphatic carbocycles. The van der Waals surface area contributed by atoms with E-state index in [1.54, 1.807) is 5.38 Å². The maximum Gasteiger partial charge on any atom is 0.425 e. The van der Waals surface area contributed by atoms with Gasteiger partial charge in [0, 0.05) is 31.4 Å². The number of hydrogen-bond acceptors (Lipinski definition) is 6. The van der Waals surface area contributed by atoms with Crippen molar-refractivity contribution < 1.29 is 23.1 Å². The second-order valence-electron chi connectivity index (χ2n) is 6.93. The summed E-state index contributed by atoms with van der Waals surface area (Å²) >= 11 is 1.15. The number of nitrogens with zero attached hydrogens (tertiary/aromatic N) is 4. The number of aryl methyl sites for hydroxylation is 1. The van der Waals surface area contributed by atoms with E-state index in [1.165, 1.54) is 19.7 Å². The number of rotatable bonds is 6. The first-order chi connectivity index (χ1) is 13.2. The number of aromatic nitrogens is 3. The summed E-state index contributed by atoms with van der Waals surface area (Å²) in [5, 5.41) is 14.6. The molecule has 11 heteroatoms. The summed E-state index contributed by atoms with van der Waals surface area (Å²) in [6, 6.07) is 0. The van der Waals surface area contributed by atoms with E-state index >= 15 is 0 Å². The number of hydrogen-bond donors (Lipinski definition) is 2. The lowest BCUT2D eigenvalue weighted by Gasteiger charge is -2.29. The molecule has 3 rings (SSSR count). The molecule has 1 unspecified atom stereocenters. The molecule has 1 atom stereocenters. The summed E-state index contributed by atoms with van der Waals surface area (Å²) in [6.45, 7) is 2.62. The molecule has 1 aliphatic rings. The van der Waals surface area contributed by atoms with Crippen molar-refractivity contribution in [1.29, 1.82) is 0 Å². The quantitative estimate of drug-likeness (QED) is 0.755. The molecule has 2 N–H and O–H groups in total. The van der Waals surface area contributed by atoms with Crippen molar-refractivity contribution in [1.82, 2.24) is 19.4 Å². The number of carbonyl (C=O) groups excluding carboxylic acids is 1. The van der Waals surface area contributed by atoms with Crippen LogP contribution in [0.15, 0.2) is 17.8 Å². The molecular formula is C17H22F3N5O2S. The second kappa shape index (κ2) is 8.18. The lowest BCUT2D eigenvalue weighted by Crippen LogP contribution is -2.46. The van der Waals surface area contributed by atoms with Gasteiger partial charge in [0.05, 0.1) is 12.1 Å². The highest BCUT2D eigenvalue weighted by molar-refractivity contribution is 7.13. The Hall–Kier alpha value is -1.98. The van der Waals surface area contributed by atoms with Gasteiger partial charge >= 0.3 is 6.18 Å². The van der Waals surface area contributed by atoms with Crippen LogP contribution in [0.4, 0.5) is 18.3 Å². The van der Waals surface area contributed by atoms with Crippen LogP contribution < -0.4 is 5.32 Å². The first kappa shape index (κ1) is 20.7. The number of halogens is 3. The second-order valence-corrected chi connectivity index (χ2v) is 7.78. The van der Waals surface area contributed by atoms with Gasteiger partial charge in [-0.25, -0.2) is 9.97 Å². The molecule has 3 heterocycles. The van der Waals surface area contributed by atoms with Crippen LogP contribution in [0.3, 0.4) is 0 Å². The Kier molecular flexibility index (Phi) is 6.06. The zero-order valence-electron chi connectivity index (χ0n) is 15.4. The smallest absolute Gasteiger partial charge is 0.374 e. The molecule has 7 nitrogen and oxygen atoms in total. The highest BCUT2D eigenvalue weighted by Gasteiger charge is 2.58. The van der Waals surface area contributed by atoms with E-state index in [2.05, 4.69) is 20.2 Å². The Morgan fingerprint density at radius 3 is 2.64 bits per heavy atom. The van der Waals surface area contributed by atoms with Crippen molar-refractivity contribution in [2.45, 2.75) is 44.0 Å². The van der Waals surface area contributed by atoms with Gasteiger partial charge < -0.3 is 15.0 Å². The molecule has 28 heavy (non-hydrogen) atoms. The van der Waals surface area contributed by atoms with Gasteiger partial charge in [0.1, 0.15) is 0 Å². The third-order valence-corrected chi connectivity index (χ3v) is 5.52. The minimum Gasteiger partial charge on any atom is -0.374 e. The number of thiazole rings is 1. The Morgan fingerprint density at radius 2 is 2.04 bits per heavy atom. The van der Waals surface area contributed by atoms with E-state index in [1.807, 2.05) is 0 Å². The van der Waals surface area contributed by atoms with Gasteiger partial charge in [-0.2, -0.15) is 13.2 Å². The van der Waals surface area contributed by atoms with Crippen LogP contribution in [-0.4, -0.2) is 49.7 Å². The monoisotopic (exact) mass is 417 g/mol. The van der Waals surface area contributed by atoms with Crippen LogP contribution in [0.25, 0.3) is 0 Å². The first-order valence-electron chi connectivity index (χ1n) is 8.92. The van der Waals surface area contributed by atoms with E-state index in [0.29, 0.717) is 6.54 Å². The van der Waals surface area contributed by atoms with Crippen LogP contribution in [0.1, 0.15) is 37.2 Å². The maximum absolute atomic E-state index is 13.5. The molecule has 0 bridgehead atoms. The van der Waals surface area contributed by atoms with Crippen molar-refractivity contribution in [2.75, 3.05) is 18.4 Å². The fourth-order valence-electron chi connectivity index (χ4n) is 3.25. The van der Waals surface area contributed by atoms with Crippen LogP contribution >= 0.6 is 11.3 Å². The standard InChI is InChI=1S/C17H22F3N5O2S/c1-24-8-5-21-14(24)16(27,17(18,19)20)9-13(26)23-15-22-12(11-28-15)10-25-6-3-2-4-7-25/h5,8,11,27H,2-4,6-7,9-10H2,1H3,(H,22,23,26). The number of likely N-dealkylation sites (tertiary alicyclic amines) is 1. The zero-order chi connectivity index (χ0) is 20.4. The minimum absolute atomic E-state index is 0.210. The van der Waals surface area contributed by atoms with Crippen LogP contribution in [0.2, 0.25) is 0 Å². The number of aliphatic hydroxyl groups is 1. The topological polar surface area (TPSA) is 83.3 Å². The van der Waals surface area contributed by atoms with E-state index in [0.717, 1.165) is 53.7 Å². The number of anilines is 1. The van der Waals surface area contributed by atoms with Gasteiger partial charge in [-0.1, -0.05) is 6.42 Å². The molecule has 1 saturated heterocycles. The molecule has 154 valence electrons. The summed E-state index contributed by atoms with van der Waals surface area (Å²) in [4.78, 5) is 22.3. The summed E-state index contributed by atoms with van der Waals surface area (Å²) in [5.41, 5.74) is -2.62. The summed E-state index contributed by atoms with van der Waals surface area (Å²) < 4.78 is 41.6. The lowest BCUT2D eigenvalue weighted by molar-refractivity contribution is -0.270. The number of amides is 1. The molecule has 1 fully saturated rings. The molecule has 2 aromatic rings. The molecule has 0 aromatic carbocycles. The van der Waals surface area contributed by atoms with Gasteiger partial charge in [-0.05, 0) is 25.9 Å². The van der Waals surface area contributed by atoms with Crippen molar-refractivity contribution in [3.05, 3.63) is 29.3 Å². The number of imidazole rings is 1. The normalized spacial score (nSPS) is 18.0. The van der Waals surface area contributed by atoms with Crippen molar-refractivity contribution >= 4 is 22.4 Å². The third kappa shape index (κ3) is 4.53. The van der Waals surface area contributed by atoms with Crippen LogP contribution in [0, 0.1) is 0 Å². The highest BCUT2D eigenvalue weighted by atomic mass is 32.1. The summed E-state index contributed by atoms with van der Waals surface area (Å²) in [6.07, 6.45) is -0.371. The Bertz CT molecular complexity index is 816. The number of carbonyl (C=O) groups is 1. The van der Waals surface area contributed by atoms with Crippen LogP contribution in [-0.2, 0) is 24.0 Å². The maximum atomic E-state index is 13.5. The number of nitrogens with one attached hydrogen (secondary N) is 1. The average Bonchev–Trinajstić information content (AvgIpc) is 3.23. The SMILES string of the molecule is Cn1ccnc1C(O)(CC(=O)Nc1nc(CN2CCCCC2)cs1)C(F)(F)F. The van der Waals surface area contributed by atoms with Gasteiger partial charge in [-0.15, -0.1) is 11.3 Å². The Morgan fingerprint density at radius 1 is 1.32 bits per heavy atom. The number of piperidine rings is 1. The average molecular weight is 417 g/mol.